The van der Waals surface area contributed by atoms with Gasteiger partial charge in [0, 0.05) is 50.4 Å². The van der Waals surface area contributed by atoms with Crippen molar-refractivity contribution in [2.45, 2.75) is 19.5 Å². The highest BCUT2D eigenvalue weighted by Crippen LogP contribution is 2.24. The highest BCUT2D eigenvalue weighted by atomic mass is 16.2. The lowest BCUT2D eigenvalue weighted by molar-refractivity contribution is 0.0743. The molecule has 10 heteroatoms. The van der Waals surface area contributed by atoms with E-state index in [4.69, 9.17) is 0 Å². The Morgan fingerprint density at radius 2 is 1.83 bits per heavy atom. The summed E-state index contributed by atoms with van der Waals surface area (Å²) < 4.78 is 5.03. The number of ketones is 1. The molecule has 0 N–H and O–H groups in total. The maximum absolute atomic E-state index is 13.3. The fourth-order valence-electron chi connectivity index (χ4n) is 4.53. The minimum atomic E-state index is -0.230. The molecule has 0 saturated carbocycles. The molecule has 6 rings (SSSR count). The van der Waals surface area contributed by atoms with Gasteiger partial charge in [-0.1, -0.05) is 30.3 Å². The predicted molar refractivity (Wildman–Crippen MR) is 126 cm³/mol. The molecule has 1 aromatic carbocycles. The fraction of sp³-hybridized carbons (Fsp3) is 0.200. The van der Waals surface area contributed by atoms with E-state index < -0.39 is 0 Å². The van der Waals surface area contributed by atoms with Gasteiger partial charge in [-0.2, -0.15) is 10.2 Å². The maximum Gasteiger partial charge on any atom is 0.258 e. The van der Waals surface area contributed by atoms with E-state index in [1.165, 1.54) is 10.9 Å². The molecule has 5 heterocycles. The molecule has 5 aromatic rings. The number of nitrogens with zero attached hydrogens (tertiary/aromatic N) is 8. The van der Waals surface area contributed by atoms with Gasteiger partial charge in [0.2, 0.25) is 5.78 Å². The van der Waals surface area contributed by atoms with E-state index in [1.807, 2.05) is 60.4 Å². The van der Waals surface area contributed by atoms with Gasteiger partial charge in [-0.05, 0) is 6.07 Å². The molecule has 4 aromatic heterocycles. The number of carbonyl (C=O) groups is 2. The van der Waals surface area contributed by atoms with Crippen LogP contribution in [0.15, 0.2) is 61.2 Å². The molecule has 1 aliphatic rings. The molecule has 0 radical (unpaired) electrons. The number of aryl methyl sites for hydroxylation is 2. The van der Waals surface area contributed by atoms with Crippen molar-refractivity contribution in [1.29, 1.82) is 0 Å². The molecular formula is C25H22N8O2. The van der Waals surface area contributed by atoms with Gasteiger partial charge in [0.05, 0.1) is 41.8 Å². The van der Waals surface area contributed by atoms with Gasteiger partial charge >= 0.3 is 0 Å². The monoisotopic (exact) mass is 466 g/mol. The topological polar surface area (TPSA) is 103 Å². The number of rotatable bonds is 5. The first-order valence-corrected chi connectivity index (χ1v) is 11.2. The van der Waals surface area contributed by atoms with E-state index in [0.717, 1.165) is 22.5 Å². The van der Waals surface area contributed by atoms with Crippen LogP contribution in [0.5, 0.6) is 0 Å². The standard InChI is InChI=1S/C25H22N8O2/c1-30-12-17-13-33(15-21(17)29-30)24(35)19-11-26-31(2)23(19)22(34)10-18-8-9-32-14-20(28-25(32)27-18)16-6-4-3-5-7-16/h3-9,11-12,14H,10,13,15H2,1-2H3. The van der Waals surface area contributed by atoms with Crippen LogP contribution in [-0.4, -0.2) is 50.5 Å². The molecule has 0 aliphatic carbocycles. The molecule has 0 unspecified atom stereocenters. The van der Waals surface area contributed by atoms with Crippen LogP contribution in [0.2, 0.25) is 0 Å². The van der Waals surface area contributed by atoms with Crippen molar-refractivity contribution in [2.24, 2.45) is 14.1 Å². The Kier molecular flexibility index (Phi) is 4.80. The first-order chi connectivity index (χ1) is 17.0. The summed E-state index contributed by atoms with van der Waals surface area (Å²) in [5, 5.41) is 8.60. The summed E-state index contributed by atoms with van der Waals surface area (Å²) in [5.74, 6) is 0.0556. The van der Waals surface area contributed by atoms with Gasteiger partial charge in [-0.15, -0.1) is 0 Å². The van der Waals surface area contributed by atoms with Crippen LogP contribution in [0.3, 0.4) is 0 Å². The molecular weight excluding hydrogens is 444 g/mol. The van der Waals surface area contributed by atoms with Gasteiger partial charge in [0.1, 0.15) is 5.69 Å². The first kappa shape index (κ1) is 21.0. The average molecular weight is 467 g/mol. The zero-order valence-electron chi connectivity index (χ0n) is 19.3. The first-order valence-electron chi connectivity index (χ1n) is 11.2. The number of aromatic nitrogens is 7. The van der Waals surface area contributed by atoms with E-state index in [-0.39, 0.29) is 23.8 Å². The third-order valence-electron chi connectivity index (χ3n) is 6.21. The number of carbonyl (C=O) groups excluding carboxylic acids is 2. The van der Waals surface area contributed by atoms with Crippen LogP contribution in [0.25, 0.3) is 17.0 Å². The van der Waals surface area contributed by atoms with Crippen molar-refractivity contribution < 1.29 is 9.59 Å². The van der Waals surface area contributed by atoms with Crippen molar-refractivity contribution in [1.82, 2.24) is 38.8 Å². The van der Waals surface area contributed by atoms with E-state index >= 15 is 0 Å². The van der Waals surface area contributed by atoms with E-state index in [1.54, 1.807) is 22.7 Å². The van der Waals surface area contributed by atoms with E-state index in [0.29, 0.717) is 30.1 Å². The largest absolute Gasteiger partial charge is 0.328 e. The Labute approximate surface area is 200 Å². The second-order valence-corrected chi connectivity index (χ2v) is 8.68. The van der Waals surface area contributed by atoms with Crippen LogP contribution in [0.1, 0.15) is 37.8 Å². The minimum absolute atomic E-state index is 0.0342. The molecule has 35 heavy (non-hydrogen) atoms. The number of benzene rings is 1. The van der Waals surface area contributed by atoms with Crippen molar-refractivity contribution in [2.75, 3.05) is 0 Å². The minimum Gasteiger partial charge on any atom is -0.328 e. The molecule has 1 aliphatic heterocycles. The van der Waals surface area contributed by atoms with Crippen molar-refractivity contribution in [3.8, 4) is 11.3 Å². The van der Waals surface area contributed by atoms with Crippen LogP contribution in [0, 0.1) is 0 Å². The fourth-order valence-corrected chi connectivity index (χ4v) is 4.53. The molecule has 0 spiro atoms. The Hall–Kier alpha value is -4.60. The number of fused-ring (bicyclic) bond motifs is 2. The lowest BCUT2D eigenvalue weighted by Crippen LogP contribution is -2.28. The quantitative estimate of drug-likeness (QED) is 0.369. The Morgan fingerprint density at radius 3 is 2.63 bits per heavy atom. The number of hydrogen-bond acceptors (Lipinski definition) is 6. The van der Waals surface area contributed by atoms with Crippen LogP contribution >= 0.6 is 0 Å². The van der Waals surface area contributed by atoms with Gasteiger partial charge in [-0.3, -0.25) is 23.4 Å². The Bertz CT molecular complexity index is 1570. The molecule has 10 nitrogen and oxygen atoms in total. The average Bonchev–Trinajstić information content (AvgIpc) is 3.61. The van der Waals surface area contributed by atoms with Crippen molar-refractivity contribution in [3.05, 3.63) is 89.4 Å². The molecule has 0 saturated heterocycles. The molecule has 0 fully saturated rings. The number of Topliss-reactive ketones (excluding diaryl/α,β-unsaturated/α-hetero) is 1. The summed E-state index contributed by atoms with van der Waals surface area (Å²) in [6.07, 6.45) is 7.16. The summed E-state index contributed by atoms with van der Waals surface area (Å²) in [7, 11) is 3.53. The van der Waals surface area contributed by atoms with E-state index in [2.05, 4.69) is 20.2 Å². The third kappa shape index (κ3) is 3.68. The second kappa shape index (κ2) is 8.01. The van der Waals surface area contributed by atoms with Crippen molar-refractivity contribution >= 4 is 17.5 Å². The van der Waals surface area contributed by atoms with Gasteiger partial charge in [0.25, 0.3) is 5.91 Å². The second-order valence-electron chi connectivity index (χ2n) is 8.68. The van der Waals surface area contributed by atoms with E-state index in [9.17, 15) is 9.59 Å². The van der Waals surface area contributed by atoms with Crippen LogP contribution in [0.4, 0.5) is 0 Å². The summed E-state index contributed by atoms with van der Waals surface area (Å²) in [5.41, 5.74) is 4.84. The number of amides is 1. The lowest BCUT2D eigenvalue weighted by Gasteiger charge is -2.15. The highest BCUT2D eigenvalue weighted by Gasteiger charge is 2.31. The third-order valence-corrected chi connectivity index (χ3v) is 6.21. The summed E-state index contributed by atoms with van der Waals surface area (Å²) in [4.78, 5) is 37.4. The molecule has 0 bridgehead atoms. The molecule has 174 valence electrons. The summed E-state index contributed by atoms with van der Waals surface area (Å²) >= 11 is 0. The van der Waals surface area contributed by atoms with Gasteiger partial charge < -0.3 is 4.90 Å². The van der Waals surface area contributed by atoms with Gasteiger partial charge in [0.15, 0.2) is 5.78 Å². The smallest absolute Gasteiger partial charge is 0.258 e. The lowest BCUT2D eigenvalue weighted by atomic mass is 10.1. The van der Waals surface area contributed by atoms with Crippen LogP contribution < -0.4 is 0 Å². The number of imidazole rings is 1. The number of hydrogen-bond donors (Lipinski definition) is 0. The summed E-state index contributed by atoms with van der Waals surface area (Å²) in [6, 6.07) is 11.6. The van der Waals surface area contributed by atoms with Crippen LogP contribution in [-0.2, 0) is 33.6 Å². The van der Waals surface area contributed by atoms with Gasteiger partial charge in [-0.25, -0.2) is 9.97 Å². The Balaban J connectivity index is 1.24. The normalized spacial score (nSPS) is 12.9. The SMILES string of the molecule is Cn1cc2c(n1)CN(C(=O)c1cnn(C)c1C(=O)Cc1ccn3cc(-c4ccccc4)nc3n1)C2. The maximum atomic E-state index is 13.3. The zero-order chi connectivity index (χ0) is 24.1. The predicted octanol–water partition coefficient (Wildman–Crippen LogP) is 2.44. The zero-order valence-corrected chi connectivity index (χ0v) is 19.3. The molecule has 0 atom stereocenters. The summed E-state index contributed by atoms with van der Waals surface area (Å²) in [6.45, 7) is 0.881. The van der Waals surface area contributed by atoms with Crippen molar-refractivity contribution in [3.63, 3.8) is 0 Å². The highest BCUT2D eigenvalue weighted by molar-refractivity contribution is 6.07. The Morgan fingerprint density at radius 1 is 1.00 bits per heavy atom. The molecule has 1 amide bonds.